The maximum absolute atomic E-state index is 14.2. The third-order valence-corrected chi connectivity index (χ3v) is 6.10. The van der Waals surface area contributed by atoms with E-state index in [9.17, 15) is 9.18 Å². The minimum atomic E-state index is -0.406. The third kappa shape index (κ3) is 4.63. The number of nitrogens with zero attached hydrogens (tertiary/aromatic N) is 4. The van der Waals surface area contributed by atoms with Gasteiger partial charge in [0.05, 0.1) is 35.2 Å². The minimum Gasteiger partial charge on any atom is -0.319 e. The highest BCUT2D eigenvalue weighted by Gasteiger charge is 2.17. The summed E-state index contributed by atoms with van der Waals surface area (Å²) >= 11 is 6.14. The molecule has 5 aromatic rings. The molecule has 0 bridgehead atoms. The van der Waals surface area contributed by atoms with Crippen LogP contribution < -0.4 is 5.32 Å². The normalized spacial score (nSPS) is 11.1. The van der Waals surface area contributed by atoms with Gasteiger partial charge in [0.25, 0.3) is 5.91 Å². The van der Waals surface area contributed by atoms with Crippen molar-refractivity contribution in [1.29, 1.82) is 0 Å². The number of aromatic nitrogens is 4. The molecule has 8 heteroatoms. The van der Waals surface area contributed by atoms with Crippen LogP contribution in [0.15, 0.2) is 73.3 Å². The molecule has 3 aromatic heterocycles. The highest BCUT2D eigenvalue weighted by atomic mass is 35.5. The van der Waals surface area contributed by atoms with E-state index in [1.165, 1.54) is 16.9 Å². The SMILES string of the molecule is Cc1cc(C)c2nc(-c3ccncc3)cc(C(=O)Nc3cnn(Cc4c(F)cccc4Cl)c3)c2c1. The summed E-state index contributed by atoms with van der Waals surface area (Å²) in [7, 11) is 0. The van der Waals surface area contributed by atoms with Crippen molar-refractivity contribution in [2.45, 2.75) is 20.4 Å². The molecule has 0 aliphatic rings. The summed E-state index contributed by atoms with van der Waals surface area (Å²) in [4.78, 5) is 22.3. The quantitative estimate of drug-likeness (QED) is 0.321. The lowest BCUT2D eigenvalue weighted by atomic mass is 9.99. The number of rotatable bonds is 5. The highest BCUT2D eigenvalue weighted by molar-refractivity contribution is 6.31. The second kappa shape index (κ2) is 9.27. The molecule has 0 fully saturated rings. The van der Waals surface area contributed by atoms with Crippen molar-refractivity contribution in [3.8, 4) is 11.3 Å². The first-order chi connectivity index (χ1) is 16.9. The number of hydrogen-bond acceptors (Lipinski definition) is 4. The van der Waals surface area contributed by atoms with Crippen LogP contribution in [-0.4, -0.2) is 25.7 Å². The van der Waals surface area contributed by atoms with E-state index in [0.29, 0.717) is 27.5 Å². The lowest BCUT2D eigenvalue weighted by Crippen LogP contribution is -2.13. The summed E-state index contributed by atoms with van der Waals surface area (Å²) in [6.45, 7) is 4.12. The van der Waals surface area contributed by atoms with Gasteiger partial charge in [-0.25, -0.2) is 9.37 Å². The molecule has 3 heterocycles. The molecule has 0 radical (unpaired) electrons. The van der Waals surface area contributed by atoms with Gasteiger partial charge in [-0.05, 0) is 55.8 Å². The number of hydrogen-bond donors (Lipinski definition) is 1. The van der Waals surface area contributed by atoms with Gasteiger partial charge in [0.15, 0.2) is 0 Å². The Bertz CT molecular complexity index is 1550. The molecule has 0 aliphatic heterocycles. The van der Waals surface area contributed by atoms with E-state index >= 15 is 0 Å². The van der Waals surface area contributed by atoms with Gasteiger partial charge in [-0.2, -0.15) is 5.10 Å². The Kier molecular flexibility index (Phi) is 6.01. The fourth-order valence-electron chi connectivity index (χ4n) is 4.10. The topological polar surface area (TPSA) is 72.7 Å². The molecule has 1 N–H and O–H groups in total. The molecule has 174 valence electrons. The van der Waals surface area contributed by atoms with Crippen LogP contribution >= 0.6 is 11.6 Å². The number of anilines is 1. The summed E-state index contributed by atoms with van der Waals surface area (Å²) in [5.41, 5.74) is 5.66. The number of pyridine rings is 2. The van der Waals surface area contributed by atoms with Gasteiger partial charge in [-0.3, -0.25) is 14.5 Å². The van der Waals surface area contributed by atoms with Crippen LogP contribution in [-0.2, 0) is 6.54 Å². The Labute approximate surface area is 206 Å². The van der Waals surface area contributed by atoms with Gasteiger partial charge in [0.1, 0.15) is 5.82 Å². The van der Waals surface area contributed by atoms with Crippen LogP contribution in [0.5, 0.6) is 0 Å². The van der Waals surface area contributed by atoms with Crippen molar-refractivity contribution in [1.82, 2.24) is 19.7 Å². The Morgan fingerprint density at radius 3 is 2.69 bits per heavy atom. The molecular weight excluding hydrogens is 465 g/mol. The van der Waals surface area contributed by atoms with E-state index < -0.39 is 5.82 Å². The number of benzene rings is 2. The molecule has 6 nitrogen and oxygen atoms in total. The Hall–Kier alpha value is -4.10. The zero-order chi connectivity index (χ0) is 24.5. The highest BCUT2D eigenvalue weighted by Crippen LogP contribution is 2.28. The van der Waals surface area contributed by atoms with Crippen molar-refractivity contribution in [3.05, 3.63) is 106 Å². The molecule has 0 aliphatic carbocycles. The molecule has 0 saturated heterocycles. The van der Waals surface area contributed by atoms with Crippen LogP contribution in [0, 0.1) is 19.7 Å². The van der Waals surface area contributed by atoms with E-state index in [-0.39, 0.29) is 12.5 Å². The Morgan fingerprint density at radius 1 is 1.11 bits per heavy atom. The largest absolute Gasteiger partial charge is 0.319 e. The van der Waals surface area contributed by atoms with Crippen molar-refractivity contribution in [3.63, 3.8) is 0 Å². The lowest BCUT2D eigenvalue weighted by Gasteiger charge is -2.12. The maximum atomic E-state index is 14.2. The predicted molar refractivity (Wildman–Crippen MR) is 135 cm³/mol. The Morgan fingerprint density at radius 2 is 1.91 bits per heavy atom. The van der Waals surface area contributed by atoms with Gasteiger partial charge >= 0.3 is 0 Å². The predicted octanol–water partition coefficient (Wildman–Crippen LogP) is 6.20. The van der Waals surface area contributed by atoms with Crippen molar-refractivity contribution in [2.75, 3.05) is 5.32 Å². The Balaban J connectivity index is 1.49. The van der Waals surface area contributed by atoms with Crippen molar-refractivity contribution < 1.29 is 9.18 Å². The standard InChI is InChI=1S/C27H21ClFN5O/c1-16-10-17(2)26-20(11-16)21(12-25(33-26)18-6-8-30-9-7-18)27(35)32-19-13-31-34(14-19)15-22-23(28)4-3-5-24(22)29/h3-14H,15H2,1-2H3,(H,32,35). The van der Waals surface area contributed by atoms with E-state index in [1.807, 2.05) is 38.1 Å². The van der Waals surface area contributed by atoms with Gasteiger partial charge in [0, 0.05) is 40.1 Å². The van der Waals surface area contributed by atoms with Crippen LogP contribution in [0.3, 0.4) is 0 Å². The number of carbonyl (C=O) groups excluding carboxylic acids is 1. The zero-order valence-electron chi connectivity index (χ0n) is 19.1. The van der Waals surface area contributed by atoms with E-state index in [0.717, 1.165) is 27.6 Å². The minimum absolute atomic E-state index is 0.143. The maximum Gasteiger partial charge on any atom is 0.256 e. The van der Waals surface area contributed by atoms with Crippen molar-refractivity contribution in [2.24, 2.45) is 0 Å². The molecule has 0 spiro atoms. The van der Waals surface area contributed by atoms with Crippen LogP contribution in [0.4, 0.5) is 10.1 Å². The summed E-state index contributed by atoms with van der Waals surface area (Å²) in [6.07, 6.45) is 6.55. The molecule has 2 aromatic carbocycles. The number of fused-ring (bicyclic) bond motifs is 1. The number of carbonyl (C=O) groups is 1. The molecule has 1 amide bonds. The van der Waals surface area contributed by atoms with Crippen LogP contribution in [0.2, 0.25) is 5.02 Å². The average molecular weight is 486 g/mol. The van der Waals surface area contributed by atoms with Gasteiger partial charge in [-0.15, -0.1) is 0 Å². The second-order valence-corrected chi connectivity index (χ2v) is 8.76. The first kappa shape index (κ1) is 22.7. The van der Waals surface area contributed by atoms with Crippen LogP contribution in [0.1, 0.15) is 27.0 Å². The van der Waals surface area contributed by atoms with Gasteiger partial charge < -0.3 is 5.32 Å². The third-order valence-electron chi connectivity index (χ3n) is 5.74. The van der Waals surface area contributed by atoms with Gasteiger partial charge in [0.2, 0.25) is 0 Å². The summed E-state index contributed by atoms with van der Waals surface area (Å²) in [6, 6.07) is 14.1. The smallest absolute Gasteiger partial charge is 0.256 e. The fourth-order valence-corrected chi connectivity index (χ4v) is 4.32. The molecule has 0 unspecified atom stereocenters. The first-order valence-corrected chi connectivity index (χ1v) is 11.4. The first-order valence-electron chi connectivity index (χ1n) is 11.0. The van der Waals surface area contributed by atoms with Crippen molar-refractivity contribution >= 4 is 34.1 Å². The number of amides is 1. The number of nitrogens with one attached hydrogen (secondary N) is 1. The molecule has 35 heavy (non-hydrogen) atoms. The summed E-state index contributed by atoms with van der Waals surface area (Å²) in [5, 5.41) is 8.26. The summed E-state index contributed by atoms with van der Waals surface area (Å²) in [5.74, 6) is -0.697. The van der Waals surface area contributed by atoms with Gasteiger partial charge in [-0.1, -0.05) is 29.3 Å². The second-order valence-electron chi connectivity index (χ2n) is 8.35. The van der Waals surface area contributed by atoms with E-state index in [4.69, 9.17) is 16.6 Å². The van der Waals surface area contributed by atoms with E-state index in [2.05, 4.69) is 15.4 Å². The zero-order valence-corrected chi connectivity index (χ0v) is 19.8. The number of halogens is 2. The van der Waals surface area contributed by atoms with Crippen LogP contribution in [0.25, 0.3) is 22.2 Å². The fraction of sp³-hybridized carbons (Fsp3) is 0.111. The number of aryl methyl sites for hydroxylation is 2. The lowest BCUT2D eigenvalue weighted by molar-refractivity contribution is 0.102. The molecular formula is C27H21ClFN5O. The molecule has 0 atom stereocenters. The monoisotopic (exact) mass is 485 g/mol. The average Bonchev–Trinajstić information content (AvgIpc) is 3.28. The summed E-state index contributed by atoms with van der Waals surface area (Å²) < 4.78 is 15.7. The van der Waals surface area contributed by atoms with E-state index in [1.54, 1.807) is 36.8 Å². The molecule has 0 saturated carbocycles. The molecule has 5 rings (SSSR count).